The van der Waals surface area contributed by atoms with Gasteiger partial charge in [-0.3, -0.25) is 18.9 Å². The Morgan fingerprint density at radius 3 is 2.62 bits per heavy atom. The van der Waals surface area contributed by atoms with Crippen LogP contribution in [0.25, 0.3) is 11.7 Å². The maximum Gasteiger partial charge on any atom is 0.267 e. The molecule has 0 saturated carbocycles. The third kappa shape index (κ3) is 4.37. The molecule has 2 saturated heterocycles. The van der Waals surface area contributed by atoms with Crippen molar-refractivity contribution in [2.45, 2.75) is 26.3 Å². The summed E-state index contributed by atoms with van der Waals surface area (Å²) < 4.78 is 15.2. The van der Waals surface area contributed by atoms with Crippen LogP contribution in [0.2, 0.25) is 0 Å². The smallest absolute Gasteiger partial charge is 0.267 e. The molecule has 4 heterocycles. The van der Waals surface area contributed by atoms with E-state index in [1.165, 1.54) is 33.2 Å². The van der Waals surface area contributed by atoms with Crippen LogP contribution in [-0.2, 0) is 11.3 Å². The number of nitrogens with zero attached hydrogens (tertiary/aromatic N) is 4. The van der Waals surface area contributed by atoms with Crippen molar-refractivity contribution in [1.82, 2.24) is 14.3 Å². The molecule has 0 bridgehead atoms. The number of fused-ring (bicyclic) bond motifs is 1. The summed E-state index contributed by atoms with van der Waals surface area (Å²) in [5, 5.41) is 0. The summed E-state index contributed by atoms with van der Waals surface area (Å²) in [6, 6.07) is 11.4. The number of carbonyl (C=O) groups is 1. The molecule has 174 valence electrons. The van der Waals surface area contributed by atoms with E-state index in [9.17, 15) is 14.0 Å². The molecule has 0 aliphatic carbocycles. The second-order valence-electron chi connectivity index (χ2n) is 8.65. The van der Waals surface area contributed by atoms with E-state index in [4.69, 9.17) is 17.2 Å². The molecule has 6 nitrogen and oxygen atoms in total. The molecule has 2 aliphatic rings. The van der Waals surface area contributed by atoms with Crippen LogP contribution in [0, 0.1) is 11.7 Å². The number of carbonyl (C=O) groups excluding carboxylic acids is 1. The van der Waals surface area contributed by atoms with Gasteiger partial charge in [-0.25, -0.2) is 9.37 Å². The highest BCUT2D eigenvalue weighted by Crippen LogP contribution is 2.35. The van der Waals surface area contributed by atoms with Gasteiger partial charge in [-0.15, -0.1) is 0 Å². The first-order valence-electron chi connectivity index (χ1n) is 11.2. The van der Waals surface area contributed by atoms with Crippen molar-refractivity contribution in [2.24, 2.45) is 5.92 Å². The molecular formula is C25H23FN4O2S2. The number of hydrogen-bond donors (Lipinski definition) is 0. The maximum atomic E-state index is 13.5. The van der Waals surface area contributed by atoms with Gasteiger partial charge in [-0.1, -0.05) is 49.1 Å². The summed E-state index contributed by atoms with van der Waals surface area (Å²) in [4.78, 5) is 35.5. The van der Waals surface area contributed by atoms with E-state index in [-0.39, 0.29) is 23.8 Å². The molecule has 3 aromatic rings. The second-order valence-corrected chi connectivity index (χ2v) is 10.3. The monoisotopic (exact) mass is 494 g/mol. The first-order chi connectivity index (χ1) is 16.4. The van der Waals surface area contributed by atoms with Crippen LogP contribution in [0.5, 0.6) is 0 Å². The summed E-state index contributed by atoms with van der Waals surface area (Å²) in [6.45, 7) is 4.09. The van der Waals surface area contributed by atoms with E-state index in [0.717, 1.165) is 31.5 Å². The molecule has 9 heteroatoms. The molecule has 1 amide bonds. The van der Waals surface area contributed by atoms with E-state index in [1.54, 1.807) is 30.5 Å². The molecule has 2 aromatic heterocycles. The van der Waals surface area contributed by atoms with Crippen LogP contribution >= 0.6 is 24.0 Å². The Morgan fingerprint density at radius 2 is 1.88 bits per heavy atom. The van der Waals surface area contributed by atoms with Gasteiger partial charge in [-0.05, 0) is 54.7 Å². The Morgan fingerprint density at radius 1 is 1.15 bits per heavy atom. The number of thiocarbonyl (C=S) groups is 1. The van der Waals surface area contributed by atoms with E-state index >= 15 is 0 Å². The van der Waals surface area contributed by atoms with Gasteiger partial charge in [0.05, 0.1) is 17.0 Å². The minimum Gasteiger partial charge on any atom is -0.356 e. The summed E-state index contributed by atoms with van der Waals surface area (Å²) in [7, 11) is 0. The lowest BCUT2D eigenvalue weighted by atomic mass is 9.99. The average Bonchev–Trinajstić information content (AvgIpc) is 3.10. The molecule has 2 fully saturated rings. The Labute approximate surface area is 206 Å². The van der Waals surface area contributed by atoms with Crippen molar-refractivity contribution in [2.75, 3.05) is 18.0 Å². The van der Waals surface area contributed by atoms with Crippen molar-refractivity contribution in [3.8, 4) is 0 Å². The van der Waals surface area contributed by atoms with Crippen LogP contribution in [0.1, 0.15) is 30.9 Å². The van der Waals surface area contributed by atoms with Gasteiger partial charge in [0.2, 0.25) is 0 Å². The van der Waals surface area contributed by atoms with E-state index in [1.807, 2.05) is 12.1 Å². The van der Waals surface area contributed by atoms with Crippen molar-refractivity contribution in [3.05, 3.63) is 80.9 Å². The van der Waals surface area contributed by atoms with Gasteiger partial charge in [0.25, 0.3) is 11.5 Å². The van der Waals surface area contributed by atoms with Crippen molar-refractivity contribution in [1.29, 1.82) is 0 Å². The lowest BCUT2D eigenvalue weighted by Crippen LogP contribution is -2.36. The number of anilines is 1. The minimum absolute atomic E-state index is 0.219. The number of piperidine rings is 1. The highest BCUT2D eigenvalue weighted by atomic mass is 32.2. The van der Waals surface area contributed by atoms with Crippen molar-refractivity contribution < 1.29 is 9.18 Å². The first-order valence-corrected chi connectivity index (χ1v) is 12.4. The topological polar surface area (TPSA) is 57.9 Å². The lowest BCUT2D eigenvalue weighted by Gasteiger charge is -2.32. The van der Waals surface area contributed by atoms with Gasteiger partial charge in [-0.2, -0.15) is 0 Å². The fourth-order valence-corrected chi connectivity index (χ4v) is 5.46. The Bertz CT molecular complexity index is 1360. The molecule has 0 unspecified atom stereocenters. The zero-order valence-corrected chi connectivity index (χ0v) is 20.2. The Hall–Kier alpha value is -3.04. The quantitative estimate of drug-likeness (QED) is 0.394. The number of thioether (sulfide) groups is 1. The van der Waals surface area contributed by atoms with E-state index in [0.29, 0.717) is 32.2 Å². The predicted molar refractivity (Wildman–Crippen MR) is 137 cm³/mol. The Balaban J connectivity index is 1.53. The number of aromatic nitrogens is 2. The summed E-state index contributed by atoms with van der Waals surface area (Å²) in [5.41, 5.74) is 1.51. The highest BCUT2D eigenvalue weighted by molar-refractivity contribution is 8.26. The number of rotatable bonds is 4. The maximum absolute atomic E-state index is 13.5. The molecular weight excluding hydrogens is 471 g/mol. The molecule has 5 rings (SSSR count). The van der Waals surface area contributed by atoms with Crippen molar-refractivity contribution >= 4 is 51.7 Å². The largest absolute Gasteiger partial charge is 0.356 e. The van der Waals surface area contributed by atoms with E-state index in [2.05, 4.69) is 11.8 Å². The van der Waals surface area contributed by atoms with Gasteiger partial charge in [0, 0.05) is 19.3 Å². The Kier molecular flexibility index (Phi) is 6.22. The third-order valence-electron chi connectivity index (χ3n) is 6.24. The molecule has 0 atom stereocenters. The number of benzene rings is 1. The van der Waals surface area contributed by atoms with Crippen LogP contribution < -0.4 is 10.5 Å². The molecule has 1 aromatic carbocycles. The molecule has 0 spiro atoms. The third-order valence-corrected chi connectivity index (χ3v) is 7.61. The van der Waals surface area contributed by atoms with Gasteiger partial charge < -0.3 is 4.90 Å². The molecule has 2 aliphatic heterocycles. The van der Waals surface area contributed by atoms with E-state index < -0.39 is 0 Å². The molecule has 0 radical (unpaired) electrons. The SMILES string of the molecule is CC1CCN(c2nc3ccccn3c(=O)c2C=C2SC(=S)N(Cc3ccc(F)cc3)C2=O)CC1. The fraction of sp³-hybridized carbons (Fsp3) is 0.280. The van der Waals surface area contributed by atoms with Gasteiger partial charge in [0.1, 0.15) is 21.6 Å². The number of pyridine rings is 1. The number of hydrogen-bond acceptors (Lipinski definition) is 6. The lowest BCUT2D eigenvalue weighted by molar-refractivity contribution is -0.122. The van der Waals surface area contributed by atoms with Crippen LogP contribution in [0.4, 0.5) is 10.2 Å². The zero-order chi connectivity index (χ0) is 23.8. The van der Waals surface area contributed by atoms with Crippen LogP contribution in [0.15, 0.2) is 58.4 Å². The summed E-state index contributed by atoms with van der Waals surface area (Å²) in [6.07, 6.45) is 5.36. The highest BCUT2D eigenvalue weighted by Gasteiger charge is 2.33. The van der Waals surface area contributed by atoms with Crippen molar-refractivity contribution in [3.63, 3.8) is 0 Å². The predicted octanol–water partition coefficient (Wildman–Crippen LogP) is 4.47. The average molecular weight is 495 g/mol. The van der Waals surface area contributed by atoms with Crippen LogP contribution in [0.3, 0.4) is 0 Å². The molecule has 0 N–H and O–H groups in total. The summed E-state index contributed by atoms with van der Waals surface area (Å²) in [5.74, 6) is 0.629. The summed E-state index contributed by atoms with van der Waals surface area (Å²) >= 11 is 6.63. The second kappa shape index (κ2) is 9.31. The standard InChI is InChI=1S/C25H23FN4O2S2/c1-16-9-12-28(13-10-16)22-19(23(31)29-11-3-2-4-21(29)27-22)14-20-24(32)30(25(33)34-20)15-17-5-7-18(26)8-6-17/h2-8,11,14,16H,9-10,12-13,15H2,1H3. The fourth-order valence-electron chi connectivity index (χ4n) is 4.22. The zero-order valence-electron chi connectivity index (χ0n) is 18.6. The van der Waals surface area contributed by atoms with Gasteiger partial charge in [0.15, 0.2) is 0 Å². The molecule has 34 heavy (non-hydrogen) atoms. The van der Waals surface area contributed by atoms with Crippen LogP contribution in [-0.4, -0.2) is 37.6 Å². The minimum atomic E-state index is -0.335. The first kappa shape index (κ1) is 22.7. The normalized spacial score (nSPS) is 18.5. The number of amides is 1. The van der Waals surface area contributed by atoms with Gasteiger partial charge >= 0.3 is 0 Å². The number of halogens is 1.